The molecule has 1 atom stereocenters. The van der Waals surface area contributed by atoms with E-state index in [-0.39, 0.29) is 5.91 Å². The lowest BCUT2D eigenvalue weighted by Crippen LogP contribution is -2.51. The Balaban J connectivity index is 1.83. The van der Waals surface area contributed by atoms with Gasteiger partial charge in [-0.25, -0.2) is 4.98 Å². The van der Waals surface area contributed by atoms with Crippen LogP contribution in [0.3, 0.4) is 0 Å². The molecule has 1 aliphatic rings. The first kappa shape index (κ1) is 17.1. The highest BCUT2D eigenvalue weighted by Crippen LogP contribution is 2.12. The van der Waals surface area contributed by atoms with Crippen molar-refractivity contribution in [3.63, 3.8) is 0 Å². The molecule has 122 valence electrons. The molecule has 0 spiro atoms. The van der Waals surface area contributed by atoms with Crippen molar-refractivity contribution >= 4 is 23.3 Å². The summed E-state index contributed by atoms with van der Waals surface area (Å²) in [6.07, 6.45) is 3.32. The van der Waals surface area contributed by atoms with Gasteiger partial charge in [0.2, 0.25) is 5.91 Å². The smallest absolute Gasteiger partial charge is 0.244 e. The summed E-state index contributed by atoms with van der Waals surface area (Å²) < 4.78 is 5.40. The first-order chi connectivity index (χ1) is 10.6. The Kier molecular flexibility index (Phi) is 6.54. The Labute approximate surface area is 136 Å². The zero-order chi connectivity index (χ0) is 15.9. The molecular weight excluding hydrogens is 298 g/mol. The summed E-state index contributed by atoms with van der Waals surface area (Å²) in [4.78, 5) is 18.7. The second kappa shape index (κ2) is 8.41. The molecule has 0 saturated carbocycles. The maximum Gasteiger partial charge on any atom is 0.244 e. The molecular formula is C16H25N3O2S. The Bertz CT molecular complexity index is 507. The van der Waals surface area contributed by atoms with Crippen molar-refractivity contribution in [1.29, 1.82) is 0 Å². The standard InChI is InChI=1S/C16H25N3O2S/c1-12(2)15(19-6-8-21-9-7-19)10-17-16(20)5-4-14-11-22-13(3)18-14/h4-5,11-12,15H,6-10H2,1-3H3,(H,17,20)/b5-4-/t15-/m0/s1. The van der Waals surface area contributed by atoms with Gasteiger partial charge in [0.25, 0.3) is 0 Å². The summed E-state index contributed by atoms with van der Waals surface area (Å²) >= 11 is 1.58. The molecule has 1 aliphatic heterocycles. The lowest BCUT2D eigenvalue weighted by atomic mass is 10.0. The average molecular weight is 323 g/mol. The van der Waals surface area contributed by atoms with E-state index < -0.39 is 0 Å². The lowest BCUT2D eigenvalue weighted by molar-refractivity contribution is -0.116. The third-order valence-corrected chi connectivity index (χ3v) is 4.60. The summed E-state index contributed by atoms with van der Waals surface area (Å²) in [6.45, 7) is 10.4. The second-order valence-electron chi connectivity index (χ2n) is 5.83. The van der Waals surface area contributed by atoms with Crippen molar-refractivity contribution in [2.75, 3.05) is 32.8 Å². The Morgan fingerprint density at radius 2 is 2.23 bits per heavy atom. The van der Waals surface area contributed by atoms with Crippen molar-refractivity contribution in [2.24, 2.45) is 5.92 Å². The topological polar surface area (TPSA) is 54.5 Å². The molecule has 1 N–H and O–H groups in total. The van der Waals surface area contributed by atoms with Crippen molar-refractivity contribution in [1.82, 2.24) is 15.2 Å². The van der Waals surface area contributed by atoms with Crippen molar-refractivity contribution < 1.29 is 9.53 Å². The summed E-state index contributed by atoms with van der Waals surface area (Å²) in [5.74, 6) is 0.424. The fourth-order valence-electron chi connectivity index (χ4n) is 2.58. The van der Waals surface area contributed by atoms with Gasteiger partial charge in [-0.3, -0.25) is 9.69 Å². The van der Waals surface area contributed by atoms with Gasteiger partial charge in [-0.05, 0) is 18.9 Å². The number of carbonyl (C=O) groups excluding carboxylic acids is 1. The highest BCUT2D eigenvalue weighted by atomic mass is 32.1. The number of amides is 1. The summed E-state index contributed by atoms with van der Waals surface area (Å²) in [7, 11) is 0. The van der Waals surface area contributed by atoms with Crippen LogP contribution in [0.4, 0.5) is 0 Å². The monoisotopic (exact) mass is 323 g/mol. The third kappa shape index (κ3) is 5.19. The van der Waals surface area contributed by atoms with Crippen LogP contribution in [0.25, 0.3) is 6.08 Å². The average Bonchev–Trinajstić information content (AvgIpc) is 2.92. The van der Waals surface area contributed by atoms with Crippen LogP contribution in [0.15, 0.2) is 11.5 Å². The van der Waals surface area contributed by atoms with Crippen molar-refractivity contribution in [3.8, 4) is 0 Å². The SMILES string of the molecule is Cc1nc(/C=C\C(=O)NC[C@@H](C(C)C)N2CCOCC2)cs1. The largest absolute Gasteiger partial charge is 0.379 e. The maximum absolute atomic E-state index is 12.0. The predicted molar refractivity (Wildman–Crippen MR) is 89.9 cm³/mol. The molecule has 0 bridgehead atoms. The molecule has 1 saturated heterocycles. The molecule has 1 aromatic rings. The van der Waals surface area contributed by atoms with Gasteiger partial charge in [-0.1, -0.05) is 13.8 Å². The molecule has 22 heavy (non-hydrogen) atoms. The number of aromatic nitrogens is 1. The van der Waals surface area contributed by atoms with Gasteiger partial charge in [-0.15, -0.1) is 11.3 Å². The number of nitrogens with zero attached hydrogens (tertiary/aromatic N) is 2. The Hall–Kier alpha value is -1.24. The minimum Gasteiger partial charge on any atom is -0.379 e. The van der Waals surface area contributed by atoms with Crippen LogP contribution >= 0.6 is 11.3 Å². The number of aryl methyl sites for hydroxylation is 1. The van der Waals surface area contributed by atoms with E-state index in [0.29, 0.717) is 18.5 Å². The van der Waals surface area contributed by atoms with E-state index in [9.17, 15) is 4.79 Å². The third-order valence-electron chi connectivity index (χ3n) is 3.81. The van der Waals surface area contributed by atoms with E-state index in [1.807, 2.05) is 12.3 Å². The number of ether oxygens (including phenoxy) is 1. The predicted octanol–water partition coefficient (Wildman–Crippen LogP) is 1.94. The molecule has 1 fully saturated rings. The Morgan fingerprint density at radius 3 is 2.82 bits per heavy atom. The van der Waals surface area contributed by atoms with E-state index in [0.717, 1.165) is 37.0 Å². The molecule has 0 aliphatic carbocycles. The fourth-order valence-corrected chi connectivity index (χ4v) is 3.16. The molecule has 5 nitrogen and oxygen atoms in total. The minimum absolute atomic E-state index is 0.0652. The first-order valence-corrected chi connectivity index (χ1v) is 8.64. The zero-order valence-corrected chi connectivity index (χ0v) is 14.4. The lowest BCUT2D eigenvalue weighted by Gasteiger charge is -2.36. The molecule has 0 aromatic carbocycles. The van der Waals surface area contributed by atoms with Gasteiger partial charge in [-0.2, -0.15) is 0 Å². The fraction of sp³-hybridized carbons (Fsp3) is 0.625. The number of hydrogen-bond donors (Lipinski definition) is 1. The van der Waals surface area contributed by atoms with Crippen molar-refractivity contribution in [3.05, 3.63) is 22.2 Å². The molecule has 1 amide bonds. The molecule has 2 rings (SSSR count). The van der Waals surface area contributed by atoms with E-state index in [2.05, 4.69) is 29.0 Å². The normalized spacial score (nSPS) is 18.0. The van der Waals surface area contributed by atoms with E-state index >= 15 is 0 Å². The molecule has 1 aromatic heterocycles. The van der Waals surface area contributed by atoms with Crippen LogP contribution in [0.5, 0.6) is 0 Å². The first-order valence-electron chi connectivity index (χ1n) is 7.76. The number of nitrogens with one attached hydrogen (secondary N) is 1. The van der Waals surface area contributed by atoms with Crippen LogP contribution in [0.2, 0.25) is 0 Å². The van der Waals surface area contributed by atoms with Crippen LogP contribution < -0.4 is 5.32 Å². The Morgan fingerprint density at radius 1 is 1.50 bits per heavy atom. The van der Waals surface area contributed by atoms with Crippen LogP contribution in [0.1, 0.15) is 24.5 Å². The van der Waals surface area contributed by atoms with Crippen LogP contribution in [0, 0.1) is 12.8 Å². The number of rotatable bonds is 6. The molecule has 2 heterocycles. The number of carbonyl (C=O) groups is 1. The van der Waals surface area contributed by atoms with Gasteiger partial charge in [0.05, 0.1) is 23.9 Å². The van der Waals surface area contributed by atoms with Crippen molar-refractivity contribution in [2.45, 2.75) is 26.8 Å². The zero-order valence-electron chi connectivity index (χ0n) is 13.5. The van der Waals surface area contributed by atoms with Gasteiger partial charge in [0.15, 0.2) is 0 Å². The van der Waals surface area contributed by atoms with Crippen LogP contribution in [-0.2, 0) is 9.53 Å². The van der Waals surface area contributed by atoms with Gasteiger partial charge in [0.1, 0.15) is 0 Å². The van der Waals surface area contributed by atoms with E-state index in [4.69, 9.17) is 4.74 Å². The maximum atomic E-state index is 12.0. The highest BCUT2D eigenvalue weighted by Gasteiger charge is 2.23. The summed E-state index contributed by atoms with van der Waals surface area (Å²) in [5, 5.41) is 5.96. The van der Waals surface area contributed by atoms with E-state index in [1.165, 1.54) is 0 Å². The van der Waals surface area contributed by atoms with E-state index in [1.54, 1.807) is 23.5 Å². The van der Waals surface area contributed by atoms with Gasteiger partial charge in [0, 0.05) is 37.1 Å². The molecule has 0 unspecified atom stereocenters. The van der Waals surface area contributed by atoms with Gasteiger partial charge >= 0.3 is 0 Å². The van der Waals surface area contributed by atoms with Crippen LogP contribution in [-0.4, -0.2) is 54.7 Å². The highest BCUT2D eigenvalue weighted by molar-refractivity contribution is 7.09. The number of morpholine rings is 1. The minimum atomic E-state index is -0.0652. The molecule has 6 heteroatoms. The number of thiazole rings is 1. The molecule has 0 radical (unpaired) electrons. The summed E-state index contributed by atoms with van der Waals surface area (Å²) in [6, 6.07) is 0.350. The number of hydrogen-bond acceptors (Lipinski definition) is 5. The quantitative estimate of drug-likeness (QED) is 0.813. The second-order valence-corrected chi connectivity index (χ2v) is 6.89. The van der Waals surface area contributed by atoms with Gasteiger partial charge < -0.3 is 10.1 Å². The summed E-state index contributed by atoms with van der Waals surface area (Å²) in [5.41, 5.74) is 0.839.